The first-order valence-corrected chi connectivity index (χ1v) is 7.50. The van der Waals surface area contributed by atoms with E-state index in [0.717, 1.165) is 9.88 Å². The van der Waals surface area contributed by atoms with Crippen LogP contribution in [-0.2, 0) is 10.2 Å². The number of carbonyl (C=O) groups excluding carboxylic acids is 1. The first kappa shape index (κ1) is 14.5. The quantitative estimate of drug-likeness (QED) is 0.795. The number of aromatic nitrogens is 1. The summed E-state index contributed by atoms with van der Waals surface area (Å²) in [4.78, 5) is 19.5. The van der Waals surface area contributed by atoms with Crippen LogP contribution in [-0.4, -0.2) is 41.1 Å². The second-order valence-electron chi connectivity index (χ2n) is 6.25. The maximum Gasteiger partial charge on any atom is 0.265 e. The van der Waals surface area contributed by atoms with E-state index < -0.39 is 0 Å². The van der Waals surface area contributed by atoms with E-state index in [-0.39, 0.29) is 23.5 Å². The molecule has 5 heteroatoms. The van der Waals surface area contributed by atoms with Gasteiger partial charge in [0.05, 0.1) is 23.4 Å². The van der Waals surface area contributed by atoms with Gasteiger partial charge < -0.3 is 9.64 Å². The molecule has 1 aromatic heterocycles. The molecule has 1 aliphatic rings. The van der Waals surface area contributed by atoms with Gasteiger partial charge in [-0.3, -0.25) is 4.79 Å². The molecule has 1 saturated heterocycles. The lowest BCUT2D eigenvalue weighted by molar-refractivity contribution is -0.0585. The lowest BCUT2D eigenvalue weighted by Crippen LogP contribution is -2.48. The zero-order valence-corrected chi connectivity index (χ0v) is 13.1. The van der Waals surface area contributed by atoms with Crippen molar-refractivity contribution in [3.8, 4) is 0 Å². The van der Waals surface area contributed by atoms with E-state index >= 15 is 0 Å². The number of morpholine rings is 1. The van der Waals surface area contributed by atoms with Crippen molar-refractivity contribution in [2.75, 3.05) is 13.1 Å². The van der Waals surface area contributed by atoms with Crippen LogP contribution in [0.15, 0.2) is 6.20 Å². The van der Waals surface area contributed by atoms with E-state index in [0.29, 0.717) is 13.1 Å². The van der Waals surface area contributed by atoms with E-state index in [1.54, 1.807) is 6.20 Å². The molecular weight excluding hydrogens is 260 g/mol. The van der Waals surface area contributed by atoms with Gasteiger partial charge in [0, 0.05) is 18.5 Å². The Bertz CT molecular complexity index is 454. The smallest absolute Gasteiger partial charge is 0.265 e. The molecule has 4 nitrogen and oxygen atoms in total. The summed E-state index contributed by atoms with van der Waals surface area (Å²) in [5.41, 5.74) is -0.00517. The molecule has 0 N–H and O–H groups in total. The fraction of sp³-hybridized carbons (Fsp3) is 0.714. The molecule has 0 unspecified atom stereocenters. The third kappa shape index (κ3) is 3.34. The molecule has 1 aliphatic heterocycles. The Balaban J connectivity index is 2.13. The average molecular weight is 282 g/mol. The molecule has 2 heterocycles. The Morgan fingerprint density at radius 1 is 1.37 bits per heavy atom. The number of thiazole rings is 1. The number of amides is 1. The second kappa shape index (κ2) is 5.21. The van der Waals surface area contributed by atoms with Crippen LogP contribution in [0.4, 0.5) is 0 Å². The van der Waals surface area contributed by atoms with Gasteiger partial charge in [-0.1, -0.05) is 20.8 Å². The van der Waals surface area contributed by atoms with Gasteiger partial charge in [0.1, 0.15) is 4.88 Å². The number of hydrogen-bond donors (Lipinski definition) is 0. The minimum absolute atomic E-state index is 0.00517. The maximum absolute atomic E-state index is 12.5. The standard InChI is InChI=1S/C14H22N2O2S/c1-9-7-16(8-10(2)18-9)12(17)11-6-15-13(19-11)14(3,4)5/h6,9-10H,7-8H2,1-5H3/t9-,10-/m1/s1. The van der Waals surface area contributed by atoms with Gasteiger partial charge in [-0.15, -0.1) is 11.3 Å². The molecule has 0 bridgehead atoms. The Hall–Kier alpha value is -0.940. The molecule has 19 heavy (non-hydrogen) atoms. The number of carbonyl (C=O) groups is 1. The normalized spacial score (nSPS) is 24.6. The van der Waals surface area contributed by atoms with Gasteiger partial charge in [-0.2, -0.15) is 0 Å². The number of hydrogen-bond acceptors (Lipinski definition) is 4. The van der Waals surface area contributed by atoms with Gasteiger partial charge in [0.2, 0.25) is 0 Å². The van der Waals surface area contributed by atoms with Crippen molar-refractivity contribution < 1.29 is 9.53 Å². The second-order valence-corrected chi connectivity index (χ2v) is 7.28. The highest BCUT2D eigenvalue weighted by molar-refractivity contribution is 7.13. The summed E-state index contributed by atoms with van der Waals surface area (Å²) in [5.74, 6) is 0.0787. The molecule has 0 spiro atoms. The average Bonchev–Trinajstić information content (AvgIpc) is 2.75. The first-order valence-electron chi connectivity index (χ1n) is 6.68. The Morgan fingerprint density at radius 2 is 1.95 bits per heavy atom. The molecule has 2 rings (SSSR count). The SMILES string of the molecule is C[C@@H]1CN(C(=O)c2cnc(C(C)(C)C)s2)C[C@@H](C)O1. The zero-order valence-electron chi connectivity index (χ0n) is 12.3. The molecule has 0 aliphatic carbocycles. The highest BCUT2D eigenvalue weighted by atomic mass is 32.1. The molecule has 2 atom stereocenters. The van der Waals surface area contributed by atoms with Crippen LogP contribution in [0.1, 0.15) is 49.3 Å². The van der Waals surface area contributed by atoms with E-state index in [1.807, 2.05) is 18.7 Å². The van der Waals surface area contributed by atoms with Gasteiger partial charge in [-0.05, 0) is 13.8 Å². The molecule has 0 radical (unpaired) electrons. The van der Waals surface area contributed by atoms with E-state index in [9.17, 15) is 4.79 Å². The van der Waals surface area contributed by atoms with Crippen molar-refractivity contribution in [1.82, 2.24) is 9.88 Å². The van der Waals surface area contributed by atoms with Crippen molar-refractivity contribution in [3.63, 3.8) is 0 Å². The van der Waals surface area contributed by atoms with Crippen molar-refractivity contribution in [2.45, 2.75) is 52.2 Å². The predicted molar refractivity (Wildman–Crippen MR) is 76.7 cm³/mol. The summed E-state index contributed by atoms with van der Waals surface area (Å²) < 4.78 is 5.66. The Kier molecular flexibility index (Phi) is 3.97. The zero-order chi connectivity index (χ0) is 14.2. The highest BCUT2D eigenvalue weighted by Gasteiger charge is 2.28. The van der Waals surface area contributed by atoms with E-state index in [4.69, 9.17) is 4.74 Å². The lowest BCUT2D eigenvalue weighted by Gasteiger charge is -2.35. The molecule has 0 saturated carbocycles. The summed E-state index contributed by atoms with van der Waals surface area (Å²) in [5, 5.41) is 1.00. The predicted octanol–water partition coefficient (Wildman–Crippen LogP) is 2.69. The molecule has 106 valence electrons. The van der Waals surface area contributed by atoms with Crippen molar-refractivity contribution >= 4 is 17.2 Å². The van der Waals surface area contributed by atoms with E-state index in [1.165, 1.54) is 11.3 Å². The largest absolute Gasteiger partial charge is 0.372 e. The van der Waals surface area contributed by atoms with Crippen LogP contribution in [0.2, 0.25) is 0 Å². The van der Waals surface area contributed by atoms with Gasteiger partial charge >= 0.3 is 0 Å². The Labute approximate surface area is 118 Å². The monoisotopic (exact) mass is 282 g/mol. The van der Waals surface area contributed by atoms with Crippen molar-refractivity contribution in [1.29, 1.82) is 0 Å². The first-order chi connectivity index (χ1) is 8.77. The molecular formula is C14H22N2O2S. The van der Waals surface area contributed by atoms with Crippen LogP contribution in [0.3, 0.4) is 0 Å². The van der Waals surface area contributed by atoms with Gasteiger partial charge in [0.25, 0.3) is 5.91 Å². The van der Waals surface area contributed by atoms with Crippen LogP contribution in [0, 0.1) is 0 Å². The fourth-order valence-electron chi connectivity index (χ4n) is 2.22. The van der Waals surface area contributed by atoms with Crippen LogP contribution >= 0.6 is 11.3 Å². The topological polar surface area (TPSA) is 42.4 Å². The van der Waals surface area contributed by atoms with Crippen LogP contribution in [0.25, 0.3) is 0 Å². The minimum atomic E-state index is -0.00517. The molecule has 0 aromatic carbocycles. The summed E-state index contributed by atoms with van der Waals surface area (Å²) in [6.07, 6.45) is 1.91. The maximum atomic E-state index is 12.5. The summed E-state index contributed by atoms with van der Waals surface area (Å²) >= 11 is 1.50. The van der Waals surface area contributed by atoms with Gasteiger partial charge in [0.15, 0.2) is 0 Å². The minimum Gasteiger partial charge on any atom is -0.372 e. The van der Waals surface area contributed by atoms with Crippen LogP contribution < -0.4 is 0 Å². The molecule has 1 fully saturated rings. The fourth-order valence-corrected chi connectivity index (χ4v) is 3.16. The lowest BCUT2D eigenvalue weighted by atomic mass is 9.98. The molecule has 1 amide bonds. The highest BCUT2D eigenvalue weighted by Crippen LogP contribution is 2.28. The number of ether oxygens (including phenoxy) is 1. The third-order valence-electron chi connectivity index (χ3n) is 3.06. The van der Waals surface area contributed by atoms with Gasteiger partial charge in [-0.25, -0.2) is 4.98 Å². The van der Waals surface area contributed by atoms with Crippen molar-refractivity contribution in [2.24, 2.45) is 0 Å². The summed E-state index contributed by atoms with van der Waals surface area (Å²) in [7, 11) is 0. The number of rotatable bonds is 1. The summed E-state index contributed by atoms with van der Waals surface area (Å²) in [6, 6.07) is 0. The third-order valence-corrected chi connectivity index (χ3v) is 4.48. The van der Waals surface area contributed by atoms with Crippen molar-refractivity contribution in [3.05, 3.63) is 16.1 Å². The number of nitrogens with zero attached hydrogens (tertiary/aromatic N) is 2. The van der Waals surface area contributed by atoms with Crippen LogP contribution in [0.5, 0.6) is 0 Å². The Morgan fingerprint density at radius 3 is 2.42 bits per heavy atom. The summed E-state index contributed by atoms with van der Waals surface area (Å²) in [6.45, 7) is 11.7. The van der Waals surface area contributed by atoms with E-state index in [2.05, 4.69) is 25.8 Å². The molecule has 1 aromatic rings.